The number of nitrogens with zero attached hydrogens (tertiary/aromatic N) is 2. The first-order chi connectivity index (χ1) is 3.97. The molecule has 0 N–H and O–H groups in total. The number of fused-ring (bicyclic) bond motifs is 1. The van der Waals surface area contributed by atoms with Gasteiger partial charge in [0.05, 0.1) is 11.9 Å². The zero-order chi connectivity index (χ0) is 5.40. The maximum atomic E-state index is 4.02. The van der Waals surface area contributed by atoms with Crippen LogP contribution in [-0.2, 0) is 0 Å². The monoisotopic (exact) mass is 104 g/mol. The summed E-state index contributed by atoms with van der Waals surface area (Å²) in [6.45, 7) is 0. The van der Waals surface area contributed by atoms with Crippen LogP contribution in [-0.4, -0.2) is 11.9 Å². The Morgan fingerprint density at radius 3 is 3.25 bits per heavy atom. The van der Waals surface area contributed by atoms with Gasteiger partial charge in [-0.25, -0.2) is 0 Å². The highest BCUT2D eigenvalue weighted by Crippen LogP contribution is 2.11. The van der Waals surface area contributed by atoms with E-state index in [0.717, 1.165) is 11.3 Å². The molecule has 2 rings (SSSR count). The van der Waals surface area contributed by atoms with Gasteiger partial charge in [-0.05, 0) is 6.08 Å². The van der Waals surface area contributed by atoms with Crippen molar-refractivity contribution in [3.63, 3.8) is 0 Å². The van der Waals surface area contributed by atoms with Gasteiger partial charge in [0, 0.05) is 18.0 Å². The SMILES string of the molecule is C1=CC2=CN=CC2=N1. The van der Waals surface area contributed by atoms with E-state index in [-0.39, 0.29) is 0 Å². The summed E-state index contributed by atoms with van der Waals surface area (Å²) in [5.41, 5.74) is 2.12. The summed E-state index contributed by atoms with van der Waals surface area (Å²) in [6.07, 6.45) is 7.30. The molecular weight excluding hydrogens is 100 g/mol. The maximum Gasteiger partial charge on any atom is 0.0900 e. The lowest BCUT2D eigenvalue weighted by Gasteiger charge is -1.80. The van der Waals surface area contributed by atoms with Crippen LogP contribution in [0.25, 0.3) is 0 Å². The van der Waals surface area contributed by atoms with Crippen LogP contribution in [0.3, 0.4) is 0 Å². The van der Waals surface area contributed by atoms with Crippen LogP contribution < -0.4 is 0 Å². The lowest BCUT2D eigenvalue weighted by atomic mass is 10.2. The molecule has 38 valence electrons. The zero-order valence-corrected chi connectivity index (χ0v) is 4.20. The number of rotatable bonds is 0. The topological polar surface area (TPSA) is 24.7 Å². The average Bonchev–Trinajstić information content (AvgIpc) is 2.15. The third-order valence-corrected chi connectivity index (χ3v) is 1.17. The Morgan fingerprint density at radius 1 is 1.38 bits per heavy atom. The Labute approximate surface area is 47.0 Å². The molecule has 0 atom stereocenters. The van der Waals surface area contributed by atoms with E-state index in [9.17, 15) is 0 Å². The van der Waals surface area contributed by atoms with Gasteiger partial charge in [0.25, 0.3) is 0 Å². The largest absolute Gasteiger partial charge is 0.262 e. The van der Waals surface area contributed by atoms with Crippen LogP contribution in [0.2, 0.25) is 0 Å². The molecule has 0 aromatic rings. The van der Waals surface area contributed by atoms with Crippen LogP contribution in [0.5, 0.6) is 0 Å². The minimum Gasteiger partial charge on any atom is -0.262 e. The molecule has 0 aromatic heterocycles. The summed E-state index contributed by atoms with van der Waals surface area (Å²) in [5, 5.41) is 0. The molecule has 0 unspecified atom stereocenters. The van der Waals surface area contributed by atoms with Gasteiger partial charge in [0.15, 0.2) is 0 Å². The molecule has 0 aromatic carbocycles. The number of aliphatic imine (C=N–C) groups is 2. The van der Waals surface area contributed by atoms with Crippen LogP contribution in [0.1, 0.15) is 0 Å². The predicted molar refractivity (Wildman–Crippen MR) is 33.1 cm³/mol. The molecule has 2 heteroatoms. The van der Waals surface area contributed by atoms with Crippen molar-refractivity contribution in [2.24, 2.45) is 9.98 Å². The van der Waals surface area contributed by atoms with Gasteiger partial charge in [0.2, 0.25) is 0 Å². The first-order valence-electron chi connectivity index (χ1n) is 2.45. The molecule has 2 aliphatic rings. The molecule has 0 fully saturated rings. The molecule has 8 heavy (non-hydrogen) atoms. The van der Waals surface area contributed by atoms with Gasteiger partial charge < -0.3 is 0 Å². The van der Waals surface area contributed by atoms with Crippen molar-refractivity contribution >= 4 is 11.9 Å². The fourth-order valence-electron chi connectivity index (χ4n) is 0.763. The summed E-state index contributed by atoms with van der Waals surface area (Å²) >= 11 is 0. The molecule has 0 radical (unpaired) electrons. The van der Waals surface area contributed by atoms with E-state index in [0.29, 0.717) is 0 Å². The fraction of sp³-hybridized carbons (Fsp3) is 0. The summed E-state index contributed by atoms with van der Waals surface area (Å²) in [6, 6.07) is 0. The Bertz CT molecular complexity index is 205. The van der Waals surface area contributed by atoms with E-state index in [2.05, 4.69) is 9.98 Å². The van der Waals surface area contributed by atoms with E-state index in [1.54, 1.807) is 12.4 Å². The summed E-state index contributed by atoms with van der Waals surface area (Å²) in [5.74, 6) is 0. The fourth-order valence-corrected chi connectivity index (χ4v) is 0.763. The highest BCUT2D eigenvalue weighted by molar-refractivity contribution is 6.41. The lowest BCUT2D eigenvalue weighted by Crippen LogP contribution is -1.91. The summed E-state index contributed by atoms with van der Waals surface area (Å²) in [4.78, 5) is 7.92. The van der Waals surface area contributed by atoms with Gasteiger partial charge in [0.1, 0.15) is 0 Å². The van der Waals surface area contributed by atoms with Crippen LogP contribution in [0.15, 0.2) is 34.0 Å². The highest BCUT2D eigenvalue weighted by Gasteiger charge is 2.08. The van der Waals surface area contributed by atoms with E-state index in [1.807, 2.05) is 12.3 Å². The van der Waals surface area contributed by atoms with Crippen molar-refractivity contribution in [2.45, 2.75) is 0 Å². The van der Waals surface area contributed by atoms with E-state index >= 15 is 0 Å². The molecule has 0 bridgehead atoms. The molecule has 2 heterocycles. The van der Waals surface area contributed by atoms with Crippen molar-refractivity contribution in [1.29, 1.82) is 0 Å². The zero-order valence-electron chi connectivity index (χ0n) is 4.20. The van der Waals surface area contributed by atoms with Crippen molar-refractivity contribution in [3.05, 3.63) is 24.0 Å². The number of hydrogen-bond acceptors (Lipinski definition) is 2. The Balaban J connectivity index is 2.59. The second-order valence-electron chi connectivity index (χ2n) is 1.69. The smallest absolute Gasteiger partial charge is 0.0900 e. The predicted octanol–water partition coefficient (Wildman–Crippen LogP) is 0.923. The van der Waals surface area contributed by atoms with Crippen molar-refractivity contribution in [2.75, 3.05) is 0 Å². The maximum absolute atomic E-state index is 4.02. The van der Waals surface area contributed by atoms with Crippen molar-refractivity contribution in [3.8, 4) is 0 Å². The third-order valence-electron chi connectivity index (χ3n) is 1.17. The summed E-state index contributed by atoms with van der Waals surface area (Å²) < 4.78 is 0. The second kappa shape index (κ2) is 1.15. The molecule has 0 saturated heterocycles. The van der Waals surface area contributed by atoms with Crippen LogP contribution in [0.4, 0.5) is 0 Å². The lowest BCUT2D eigenvalue weighted by molar-refractivity contribution is 1.59. The van der Waals surface area contributed by atoms with Crippen LogP contribution in [0, 0.1) is 0 Å². The van der Waals surface area contributed by atoms with Gasteiger partial charge in [-0.2, -0.15) is 0 Å². The Kier molecular flexibility index (Phi) is 0.545. The highest BCUT2D eigenvalue weighted by atomic mass is 14.8. The molecule has 0 spiro atoms. The molecule has 0 amide bonds. The molecule has 0 aliphatic carbocycles. The normalized spacial score (nSPS) is 21.0. The third kappa shape index (κ3) is 0.320. The minimum absolute atomic E-state index is 0.991. The van der Waals surface area contributed by atoms with E-state index in [4.69, 9.17) is 0 Å². The first kappa shape index (κ1) is 3.78. The van der Waals surface area contributed by atoms with Crippen molar-refractivity contribution < 1.29 is 0 Å². The average molecular weight is 104 g/mol. The number of hydrogen-bond donors (Lipinski definition) is 0. The van der Waals surface area contributed by atoms with Gasteiger partial charge in [-0.3, -0.25) is 9.98 Å². The van der Waals surface area contributed by atoms with E-state index < -0.39 is 0 Å². The van der Waals surface area contributed by atoms with Crippen molar-refractivity contribution in [1.82, 2.24) is 0 Å². The summed E-state index contributed by atoms with van der Waals surface area (Å²) in [7, 11) is 0. The number of allylic oxidation sites excluding steroid dienone is 2. The molecule has 0 saturated carbocycles. The Hall–Kier alpha value is -1.18. The van der Waals surface area contributed by atoms with E-state index in [1.165, 1.54) is 0 Å². The first-order valence-corrected chi connectivity index (χ1v) is 2.45. The quantitative estimate of drug-likeness (QED) is 0.436. The van der Waals surface area contributed by atoms with Gasteiger partial charge >= 0.3 is 0 Å². The molecule has 2 aliphatic heterocycles. The molecular formula is C6H4N2. The minimum atomic E-state index is 0.991. The Morgan fingerprint density at radius 2 is 2.38 bits per heavy atom. The molecule has 2 nitrogen and oxygen atoms in total. The standard InChI is InChI=1S/C6H4N2/c1-2-8-6-4-7-3-5(1)6/h1-4H. The van der Waals surface area contributed by atoms with Crippen LogP contribution >= 0.6 is 0 Å². The van der Waals surface area contributed by atoms with Gasteiger partial charge in [-0.15, -0.1) is 0 Å². The van der Waals surface area contributed by atoms with Gasteiger partial charge in [-0.1, -0.05) is 0 Å². The second-order valence-corrected chi connectivity index (χ2v) is 1.69.